The van der Waals surface area contributed by atoms with Crippen molar-refractivity contribution >= 4 is 17.4 Å². The Morgan fingerprint density at radius 3 is 2.76 bits per heavy atom. The van der Waals surface area contributed by atoms with E-state index >= 15 is 0 Å². The summed E-state index contributed by atoms with van der Waals surface area (Å²) in [4.78, 5) is 9.07. The zero-order valence-corrected chi connectivity index (χ0v) is 12.9. The van der Waals surface area contributed by atoms with Crippen LogP contribution >= 0.6 is 11.6 Å². The highest BCUT2D eigenvalue weighted by Gasteiger charge is 2.27. The van der Waals surface area contributed by atoms with E-state index in [1.54, 1.807) is 0 Å². The summed E-state index contributed by atoms with van der Waals surface area (Å²) in [5, 5.41) is 3.93. The number of anilines is 1. The summed E-state index contributed by atoms with van der Waals surface area (Å²) in [6, 6.07) is 7.40. The van der Waals surface area contributed by atoms with Gasteiger partial charge in [0.25, 0.3) is 0 Å². The normalized spacial score (nSPS) is 14.0. The third-order valence-corrected chi connectivity index (χ3v) is 3.61. The largest absolute Gasteiger partial charge is 0.439 e. The van der Waals surface area contributed by atoms with E-state index in [2.05, 4.69) is 15.3 Å². The van der Waals surface area contributed by atoms with Gasteiger partial charge in [0, 0.05) is 23.6 Å². The molecule has 0 atom stereocenters. The highest BCUT2D eigenvalue weighted by molar-refractivity contribution is 6.30. The Morgan fingerprint density at radius 2 is 2.10 bits per heavy atom. The lowest BCUT2D eigenvalue weighted by atomic mass is 10.2. The predicted molar refractivity (Wildman–Crippen MR) is 84.4 cm³/mol. The van der Waals surface area contributed by atoms with Crippen LogP contribution in [0.25, 0.3) is 0 Å². The molecule has 110 valence electrons. The van der Waals surface area contributed by atoms with Crippen molar-refractivity contribution in [2.75, 3.05) is 11.9 Å². The lowest BCUT2D eigenvalue weighted by Crippen LogP contribution is -2.04. The van der Waals surface area contributed by atoms with Gasteiger partial charge in [0.2, 0.25) is 5.88 Å². The molecule has 1 N–H and O–H groups in total. The zero-order valence-electron chi connectivity index (χ0n) is 12.2. The smallest absolute Gasteiger partial charge is 0.224 e. The van der Waals surface area contributed by atoms with Crippen molar-refractivity contribution in [1.29, 1.82) is 0 Å². The first-order valence-corrected chi connectivity index (χ1v) is 7.60. The van der Waals surface area contributed by atoms with Crippen molar-refractivity contribution in [2.45, 2.75) is 32.6 Å². The van der Waals surface area contributed by atoms with Crippen molar-refractivity contribution in [3.63, 3.8) is 0 Å². The summed E-state index contributed by atoms with van der Waals surface area (Å²) < 4.78 is 5.92. The molecule has 2 aromatic rings. The highest BCUT2D eigenvalue weighted by atomic mass is 35.5. The quantitative estimate of drug-likeness (QED) is 0.881. The first-order valence-electron chi connectivity index (χ1n) is 7.22. The summed E-state index contributed by atoms with van der Waals surface area (Å²) in [5.74, 6) is 3.51. The Balaban J connectivity index is 1.89. The van der Waals surface area contributed by atoms with Crippen LogP contribution in [0.15, 0.2) is 24.3 Å². The monoisotopic (exact) mass is 303 g/mol. The molecule has 1 saturated carbocycles. The van der Waals surface area contributed by atoms with Crippen LogP contribution in [0.5, 0.6) is 11.6 Å². The second-order valence-corrected chi connectivity index (χ2v) is 5.70. The molecular formula is C16H18ClN3O. The van der Waals surface area contributed by atoms with Crippen molar-refractivity contribution < 1.29 is 4.74 Å². The van der Waals surface area contributed by atoms with E-state index in [1.807, 2.05) is 38.1 Å². The standard InChI is InChI=1S/C16H18ClN3O/c1-3-18-14-9-15(20-16(19-14)11-4-5-11)21-13-7-6-12(17)8-10(13)2/h6-9,11H,3-5H2,1-2H3,(H,18,19,20). The number of hydrogen-bond donors (Lipinski definition) is 1. The van der Waals surface area contributed by atoms with Crippen LogP contribution in [0.3, 0.4) is 0 Å². The molecule has 1 aliphatic rings. The van der Waals surface area contributed by atoms with Crippen LogP contribution in [-0.2, 0) is 0 Å². The van der Waals surface area contributed by atoms with E-state index in [1.165, 1.54) is 0 Å². The van der Waals surface area contributed by atoms with Crippen molar-refractivity contribution in [3.8, 4) is 11.6 Å². The third-order valence-electron chi connectivity index (χ3n) is 3.37. The number of rotatable bonds is 5. The van der Waals surface area contributed by atoms with Crippen LogP contribution < -0.4 is 10.1 Å². The first kappa shape index (κ1) is 14.1. The number of aromatic nitrogens is 2. The number of benzene rings is 1. The molecule has 1 heterocycles. The van der Waals surface area contributed by atoms with Gasteiger partial charge in [-0.1, -0.05) is 11.6 Å². The Labute approximate surface area is 129 Å². The van der Waals surface area contributed by atoms with Crippen LogP contribution in [0, 0.1) is 6.92 Å². The molecule has 1 aliphatic carbocycles. The average molecular weight is 304 g/mol. The molecule has 0 unspecified atom stereocenters. The van der Waals surface area contributed by atoms with Crippen LogP contribution in [0.4, 0.5) is 5.82 Å². The molecule has 3 rings (SSSR count). The van der Waals surface area contributed by atoms with Crippen molar-refractivity contribution in [1.82, 2.24) is 9.97 Å². The predicted octanol–water partition coefficient (Wildman–Crippen LogP) is 4.54. The molecule has 4 nitrogen and oxygen atoms in total. The molecule has 1 aromatic heterocycles. The SMILES string of the molecule is CCNc1cc(Oc2ccc(Cl)cc2C)nc(C2CC2)n1. The van der Waals surface area contributed by atoms with E-state index in [-0.39, 0.29) is 0 Å². The molecule has 1 fully saturated rings. The molecule has 5 heteroatoms. The molecule has 0 amide bonds. The summed E-state index contributed by atoms with van der Waals surface area (Å²) in [6.07, 6.45) is 2.32. The fraction of sp³-hybridized carbons (Fsp3) is 0.375. The lowest BCUT2D eigenvalue weighted by molar-refractivity contribution is 0.455. The molecule has 0 spiro atoms. The maximum atomic E-state index is 5.97. The molecule has 0 bridgehead atoms. The van der Waals surface area contributed by atoms with E-state index < -0.39 is 0 Å². The lowest BCUT2D eigenvalue weighted by Gasteiger charge is -2.11. The molecule has 21 heavy (non-hydrogen) atoms. The summed E-state index contributed by atoms with van der Waals surface area (Å²) in [7, 11) is 0. The third kappa shape index (κ3) is 3.45. The van der Waals surface area contributed by atoms with E-state index in [9.17, 15) is 0 Å². The van der Waals surface area contributed by atoms with Crippen molar-refractivity contribution in [2.24, 2.45) is 0 Å². The van der Waals surface area contributed by atoms with Crippen LogP contribution in [0.2, 0.25) is 5.02 Å². The maximum Gasteiger partial charge on any atom is 0.224 e. The van der Waals surface area contributed by atoms with Gasteiger partial charge in [-0.3, -0.25) is 0 Å². The molecule has 0 radical (unpaired) electrons. The van der Waals surface area contributed by atoms with Gasteiger partial charge in [0.15, 0.2) is 0 Å². The summed E-state index contributed by atoms with van der Waals surface area (Å²) in [6.45, 7) is 4.83. The number of ether oxygens (including phenoxy) is 1. The van der Waals surface area contributed by atoms with E-state index in [0.29, 0.717) is 16.8 Å². The summed E-state index contributed by atoms with van der Waals surface area (Å²) >= 11 is 5.97. The van der Waals surface area contributed by atoms with Gasteiger partial charge in [0.1, 0.15) is 17.4 Å². The second-order valence-electron chi connectivity index (χ2n) is 5.27. The van der Waals surface area contributed by atoms with Gasteiger partial charge >= 0.3 is 0 Å². The van der Waals surface area contributed by atoms with Crippen LogP contribution in [0.1, 0.15) is 37.1 Å². The average Bonchev–Trinajstić information content (AvgIpc) is 3.27. The van der Waals surface area contributed by atoms with Gasteiger partial charge in [-0.15, -0.1) is 0 Å². The molecule has 0 saturated heterocycles. The molecule has 0 aliphatic heterocycles. The van der Waals surface area contributed by atoms with Gasteiger partial charge in [-0.25, -0.2) is 4.98 Å². The number of aryl methyl sites for hydroxylation is 1. The minimum atomic E-state index is 0.484. The zero-order chi connectivity index (χ0) is 14.8. The molecule has 1 aromatic carbocycles. The minimum Gasteiger partial charge on any atom is -0.439 e. The molecular weight excluding hydrogens is 286 g/mol. The van der Waals surface area contributed by atoms with Gasteiger partial charge in [0.05, 0.1) is 0 Å². The van der Waals surface area contributed by atoms with E-state index in [4.69, 9.17) is 16.3 Å². The first-order chi connectivity index (χ1) is 10.2. The van der Waals surface area contributed by atoms with Crippen LogP contribution in [-0.4, -0.2) is 16.5 Å². The van der Waals surface area contributed by atoms with Gasteiger partial charge in [-0.2, -0.15) is 4.98 Å². The van der Waals surface area contributed by atoms with Crippen molar-refractivity contribution in [3.05, 3.63) is 40.7 Å². The number of halogens is 1. The minimum absolute atomic E-state index is 0.484. The van der Waals surface area contributed by atoms with Gasteiger partial charge < -0.3 is 10.1 Å². The fourth-order valence-corrected chi connectivity index (χ4v) is 2.36. The number of hydrogen-bond acceptors (Lipinski definition) is 4. The summed E-state index contributed by atoms with van der Waals surface area (Å²) in [5.41, 5.74) is 0.985. The number of nitrogens with one attached hydrogen (secondary N) is 1. The Hall–Kier alpha value is -1.81. The Kier molecular flexibility index (Phi) is 3.97. The fourth-order valence-electron chi connectivity index (χ4n) is 2.13. The van der Waals surface area contributed by atoms with E-state index in [0.717, 1.165) is 42.3 Å². The Bertz CT molecular complexity index is 656. The van der Waals surface area contributed by atoms with Gasteiger partial charge in [-0.05, 0) is 50.5 Å². The highest BCUT2D eigenvalue weighted by Crippen LogP contribution is 2.39. The Morgan fingerprint density at radius 1 is 1.29 bits per heavy atom. The topological polar surface area (TPSA) is 47.0 Å². The number of nitrogens with zero attached hydrogens (tertiary/aromatic N) is 2. The maximum absolute atomic E-state index is 5.97. The second kappa shape index (κ2) is 5.90.